The highest BCUT2D eigenvalue weighted by Crippen LogP contribution is 2.31. The van der Waals surface area contributed by atoms with Gasteiger partial charge in [-0.1, -0.05) is 9.39 Å². The van der Waals surface area contributed by atoms with Crippen LogP contribution in [0.4, 0.5) is 5.69 Å². The maximum absolute atomic E-state index is 9.40. The molecule has 0 radical (unpaired) electrons. The van der Waals surface area contributed by atoms with E-state index in [0.717, 1.165) is 42.9 Å². The Morgan fingerprint density at radius 2 is 2.00 bits per heavy atom. The number of rotatable bonds is 3. The highest BCUT2D eigenvalue weighted by molar-refractivity contribution is 7.13. The number of aromatic amines is 1. The molecule has 6 nitrogen and oxygen atoms in total. The molecule has 126 valence electrons. The van der Waals surface area contributed by atoms with Crippen molar-refractivity contribution in [2.45, 2.75) is 0 Å². The van der Waals surface area contributed by atoms with Crippen molar-refractivity contribution < 1.29 is 4.74 Å². The molecule has 0 amide bonds. The van der Waals surface area contributed by atoms with Crippen LogP contribution < -0.4 is 9.64 Å². The molecule has 1 N–H and O–H groups in total. The van der Waals surface area contributed by atoms with Gasteiger partial charge >= 0.3 is 0 Å². The second kappa shape index (κ2) is 6.72. The van der Waals surface area contributed by atoms with Gasteiger partial charge < -0.3 is 14.6 Å². The zero-order valence-corrected chi connectivity index (χ0v) is 14.8. The summed E-state index contributed by atoms with van der Waals surface area (Å²) < 4.78 is 8.22. The molecule has 1 fully saturated rings. The molecule has 4 rings (SSSR count). The normalized spacial score (nSPS) is 15.3. The minimum Gasteiger partial charge on any atom is -0.454 e. The molecule has 1 aliphatic rings. The first-order chi connectivity index (χ1) is 12.2. The van der Waals surface area contributed by atoms with E-state index in [0.29, 0.717) is 17.1 Å². The highest BCUT2D eigenvalue weighted by atomic mass is 31.0. The number of anilines is 1. The van der Waals surface area contributed by atoms with Crippen LogP contribution >= 0.6 is 9.39 Å². The van der Waals surface area contributed by atoms with E-state index in [1.165, 1.54) is 0 Å². The molecule has 0 saturated carbocycles. The lowest BCUT2D eigenvalue weighted by molar-refractivity contribution is 0.428. The summed E-state index contributed by atoms with van der Waals surface area (Å²) in [6, 6.07) is 11.8. The maximum atomic E-state index is 9.40. The van der Waals surface area contributed by atoms with Crippen molar-refractivity contribution in [3.63, 3.8) is 0 Å². The van der Waals surface area contributed by atoms with Crippen molar-refractivity contribution in [1.29, 1.82) is 5.26 Å². The second-order valence-electron chi connectivity index (χ2n) is 6.00. The van der Waals surface area contributed by atoms with E-state index in [2.05, 4.69) is 35.0 Å². The molecule has 0 aliphatic carbocycles. The van der Waals surface area contributed by atoms with Crippen molar-refractivity contribution in [2.24, 2.45) is 0 Å². The van der Waals surface area contributed by atoms with Crippen molar-refractivity contribution in [1.82, 2.24) is 14.6 Å². The predicted octanol–water partition coefficient (Wildman–Crippen LogP) is 3.14. The standard InChI is InChI=1S/C18H18N5OP/c19-11-14-1-2-15(22-5-7-23(25)8-6-22)10-17(14)24-16-9-13-3-4-20-18(13)21-12-16/h1-4,9-10,12H,5-8,25H2,(H,20,21). The van der Waals surface area contributed by atoms with Gasteiger partial charge in [-0.05, 0) is 24.3 Å². The van der Waals surface area contributed by atoms with Crippen molar-refractivity contribution in [3.8, 4) is 17.6 Å². The van der Waals surface area contributed by atoms with Gasteiger partial charge in [-0.2, -0.15) is 5.26 Å². The Hall–Kier alpha value is -2.61. The Kier molecular flexibility index (Phi) is 4.27. The molecule has 0 spiro atoms. The fraction of sp³-hybridized carbons (Fsp3) is 0.222. The van der Waals surface area contributed by atoms with E-state index in [1.807, 2.05) is 36.5 Å². The fourth-order valence-electron chi connectivity index (χ4n) is 2.97. The van der Waals surface area contributed by atoms with Crippen LogP contribution in [0.5, 0.6) is 11.5 Å². The van der Waals surface area contributed by atoms with Crippen LogP contribution in [0.25, 0.3) is 11.0 Å². The highest BCUT2D eigenvalue weighted by Gasteiger charge is 2.16. The molecule has 1 unspecified atom stereocenters. The Morgan fingerprint density at radius 3 is 2.80 bits per heavy atom. The lowest BCUT2D eigenvalue weighted by atomic mass is 10.1. The van der Waals surface area contributed by atoms with Gasteiger partial charge in [0.25, 0.3) is 0 Å². The van der Waals surface area contributed by atoms with Crippen molar-refractivity contribution in [3.05, 3.63) is 48.3 Å². The van der Waals surface area contributed by atoms with Gasteiger partial charge in [0.2, 0.25) is 0 Å². The van der Waals surface area contributed by atoms with Crippen molar-refractivity contribution in [2.75, 3.05) is 31.1 Å². The number of H-pyrrole nitrogens is 1. The number of aromatic nitrogens is 2. The zero-order valence-electron chi connectivity index (χ0n) is 13.6. The van der Waals surface area contributed by atoms with Crippen molar-refractivity contribution >= 4 is 26.1 Å². The minimum atomic E-state index is 0.516. The lowest BCUT2D eigenvalue weighted by Crippen LogP contribution is -2.42. The van der Waals surface area contributed by atoms with Gasteiger partial charge in [0.05, 0.1) is 11.8 Å². The summed E-state index contributed by atoms with van der Waals surface area (Å²) in [6.45, 7) is 3.89. The number of fused-ring (bicyclic) bond motifs is 1. The van der Waals surface area contributed by atoms with Gasteiger partial charge in [-0.25, -0.2) is 4.98 Å². The quantitative estimate of drug-likeness (QED) is 0.734. The van der Waals surface area contributed by atoms with Crippen LogP contribution in [0.3, 0.4) is 0 Å². The number of ether oxygens (including phenoxy) is 1. The first-order valence-corrected chi connectivity index (χ1v) is 8.64. The summed E-state index contributed by atoms with van der Waals surface area (Å²) in [4.78, 5) is 9.70. The Morgan fingerprint density at radius 1 is 1.16 bits per heavy atom. The minimum absolute atomic E-state index is 0.516. The number of pyridine rings is 1. The first-order valence-electron chi connectivity index (χ1n) is 8.13. The van der Waals surface area contributed by atoms with Crippen LogP contribution in [0.15, 0.2) is 42.7 Å². The van der Waals surface area contributed by atoms with Crippen LogP contribution in [0.2, 0.25) is 0 Å². The molecule has 1 atom stereocenters. The molecule has 3 heterocycles. The molecule has 3 aromatic rings. The third-order valence-corrected chi connectivity index (χ3v) is 4.88. The second-order valence-corrected chi connectivity index (χ2v) is 6.73. The summed E-state index contributed by atoms with van der Waals surface area (Å²) in [6.07, 6.45) is 3.51. The number of nitrogens with one attached hydrogen (secondary N) is 1. The Balaban J connectivity index is 1.63. The van der Waals surface area contributed by atoms with Crippen LogP contribution in [0.1, 0.15) is 5.56 Å². The molecule has 7 heteroatoms. The number of hydrogen-bond donors (Lipinski definition) is 1. The summed E-state index contributed by atoms with van der Waals surface area (Å²) in [7, 11) is 2.75. The predicted molar refractivity (Wildman–Crippen MR) is 101 cm³/mol. The summed E-state index contributed by atoms with van der Waals surface area (Å²) in [5.74, 6) is 1.18. The number of hydrogen-bond acceptors (Lipinski definition) is 5. The third kappa shape index (κ3) is 3.30. The molecule has 0 bridgehead atoms. The molecule has 1 aromatic carbocycles. The Bertz CT molecular complexity index is 940. The van der Waals surface area contributed by atoms with E-state index < -0.39 is 0 Å². The van der Waals surface area contributed by atoms with E-state index in [9.17, 15) is 5.26 Å². The number of nitriles is 1. The summed E-state index contributed by atoms with van der Waals surface area (Å²) in [5.41, 5.74) is 2.40. The largest absolute Gasteiger partial charge is 0.454 e. The average Bonchev–Trinajstić information content (AvgIpc) is 3.10. The van der Waals surface area contributed by atoms with Crippen LogP contribution in [0, 0.1) is 11.3 Å². The molecule has 1 saturated heterocycles. The van der Waals surface area contributed by atoms with Crippen LogP contribution in [-0.4, -0.2) is 40.8 Å². The SMILES string of the molecule is N#Cc1ccc(N2CCN(P)CC2)cc1Oc1cnc2[nH]ccc2c1. The third-order valence-electron chi connectivity index (χ3n) is 4.37. The molecule has 1 aliphatic heterocycles. The molecule has 2 aromatic heterocycles. The summed E-state index contributed by atoms with van der Waals surface area (Å²) in [5, 5.41) is 10.4. The maximum Gasteiger partial charge on any atom is 0.147 e. The van der Waals surface area contributed by atoms with E-state index in [4.69, 9.17) is 4.74 Å². The number of nitrogens with zero attached hydrogens (tertiary/aromatic N) is 4. The number of piperazine rings is 1. The molecular formula is C18H18N5OP. The van der Waals surface area contributed by atoms with Gasteiger partial charge in [0.1, 0.15) is 23.2 Å². The van der Waals surface area contributed by atoms with Gasteiger partial charge in [0, 0.05) is 49.5 Å². The van der Waals surface area contributed by atoms with E-state index in [-0.39, 0.29) is 0 Å². The van der Waals surface area contributed by atoms with E-state index >= 15 is 0 Å². The first kappa shape index (κ1) is 15.9. The van der Waals surface area contributed by atoms with Gasteiger partial charge in [0.15, 0.2) is 0 Å². The zero-order chi connectivity index (χ0) is 17.2. The average molecular weight is 351 g/mol. The monoisotopic (exact) mass is 351 g/mol. The fourth-order valence-corrected chi connectivity index (χ4v) is 3.20. The molecular weight excluding hydrogens is 333 g/mol. The van der Waals surface area contributed by atoms with Gasteiger partial charge in [-0.3, -0.25) is 4.67 Å². The van der Waals surface area contributed by atoms with Crippen LogP contribution in [-0.2, 0) is 0 Å². The van der Waals surface area contributed by atoms with E-state index in [1.54, 1.807) is 6.20 Å². The summed E-state index contributed by atoms with van der Waals surface area (Å²) >= 11 is 0. The topological polar surface area (TPSA) is 68.2 Å². The smallest absolute Gasteiger partial charge is 0.147 e. The van der Waals surface area contributed by atoms with Gasteiger partial charge in [-0.15, -0.1) is 0 Å². The lowest BCUT2D eigenvalue weighted by Gasteiger charge is -2.34. The molecule has 25 heavy (non-hydrogen) atoms. The number of benzene rings is 1. The Labute approximate surface area is 148 Å².